The zero-order valence-corrected chi connectivity index (χ0v) is 7.10. The van der Waals surface area contributed by atoms with Gasteiger partial charge in [-0.3, -0.25) is 0 Å². The van der Waals surface area contributed by atoms with Gasteiger partial charge >= 0.3 is 0 Å². The van der Waals surface area contributed by atoms with Crippen molar-refractivity contribution < 1.29 is 5.11 Å². The highest BCUT2D eigenvalue weighted by Gasteiger charge is 2.13. The minimum atomic E-state index is -0.232. The third-order valence-electron chi connectivity index (χ3n) is 1.74. The summed E-state index contributed by atoms with van der Waals surface area (Å²) in [7, 11) is 0. The van der Waals surface area contributed by atoms with Gasteiger partial charge in [0, 0.05) is 0 Å². The number of nitriles is 2. The molecule has 13 heavy (non-hydrogen) atoms. The first-order valence-corrected chi connectivity index (χ1v) is 3.72. The molecule has 0 bridgehead atoms. The molecular formula is C8H8N4O. The van der Waals surface area contributed by atoms with E-state index in [1.54, 1.807) is 6.92 Å². The Kier molecular flexibility index (Phi) is 2.63. The molecule has 0 saturated carbocycles. The second-order valence-electron chi connectivity index (χ2n) is 2.60. The Morgan fingerprint density at radius 1 is 1.62 bits per heavy atom. The van der Waals surface area contributed by atoms with Gasteiger partial charge in [0.25, 0.3) is 0 Å². The molecule has 1 aromatic heterocycles. The molecule has 0 radical (unpaired) electrons. The van der Waals surface area contributed by atoms with Gasteiger partial charge in [-0.2, -0.15) is 10.5 Å². The van der Waals surface area contributed by atoms with Gasteiger partial charge in [-0.15, -0.1) is 0 Å². The Hall–Kier alpha value is -1.85. The summed E-state index contributed by atoms with van der Waals surface area (Å²) in [4.78, 5) is 3.74. The predicted octanol–water partition coefficient (Wildman–Crippen LogP) is 0.180. The lowest BCUT2D eigenvalue weighted by atomic mass is 10.3. The molecule has 0 aliphatic heterocycles. The van der Waals surface area contributed by atoms with Crippen molar-refractivity contribution in [2.75, 3.05) is 6.61 Å². The summed E-state index contributed by atoms with van der Waals surface area (Å²) in [5.41, 5.74) is 0.298. The standard InChI is InChI=1S/C8H8N4O/c1-6(4-13)12-5-11-7(2-9)8(12)3-10/h5-6,13H,4H2,1H3. The Bertz CT molecular complexity index is 382. The van der Waals surface area contributed by atoms with Crippen LogP contribution in [0.2, 0.25) is 0 Å². The van der Waals surface area contributed by atoms with Crippen molar-refractivity contribution in [3.63, 3.8) is 0 Å². The van der Waals surface area contributed by atoms with E-state index in [1.165, 1.54) is 10.9 Å². The summed E-state index contributed by atoms with van der Waals surface area (Å²) in [6, 6.07) is 3.45. The minimum Gasteiger partial charge on any atom is -0.394 e. The lowest BCUT2D eigenvalue weighted by molar-refractivity contribution is 0.238. The van der Waals surface area contributed by atoms with Crippen LogP contribution in [0.3, 0.4) is 0 Å². The van der Waals surface area contributed by atoms with E-state index < -0.39 is 0 Å². The highest BCUT2D eigenvalue weighted by atomic mass is 16.3. The van der Waals surface area contributed by atoms with Crippen molar-refractivity contribution in [1.82, 2.24) is 9.55 Å². The van der Waals surface area contributed by atoms with Gasteiger partial charge in [0.15, 0.2) is 11.4 Å². The van der Waals surface area contributed by atoms with Crippen molar-refractivity contribution in [2.24, 2.45) is 0 Å². The highest BCUT2D eigenvalue weighted by molar-refractivity contribution is 5.36. The Morgan fingerprint density at radius 2 is 2.31 bits per heavy atom. The third kappa shape index (κ3) is 1.51. The van der Waals surface area contributed by atoms with Crippen LogP contribution >= 0.6 is 0 Å². The van der Waals surface area contributed by atoms with Gasteiger partial charge in [0.05, 0.1) is 19.0 Å². The Labute approximate surface area is 75.5 Å². The predicted molar refractivity (Wildman–Crippen MR) is 43.5 cm³/mol. The van der Waals surface area contributed by atoms with Crippen molar-refractivity contribution in [3.05, 3.63) is 17.7 Å². The van der Waals surface area contributed by atoms with Gasteiger partial charge < -0.3 is 9.67 Å². The number of aromatic nitrogens is 2. The van der Waals surface area contributed by atoms with Crippen molar-refractivity contribution >= 4 is 0 Å². The van der Waals surface area contributed by atoms with Crippen molar-refractivity contribution in [3.8, 4) is 12.1 Å². The number of aliphatic hydroxyl groups is 1. The fraction of sp³-hybridized carbons (Fsp3) is 0.375. The van der Waals surface area contributed by atoms with E-state index in [0.717, 1.165) is 0 Å². The first kappa shape index (κ1) is 9.24. The lowest BCUT2D eigenvalue weighted by Gasteiger charge is -2.09. The number of nitrogens with zero attached hydrogens (tertiary/aromatic N) is 4. The molecule has 0 aliphatic carbocycles. The SMILES string of the molecule is CC(CO)n1cnc(C#N)c1C#N. The van der Waals surface area contributed by atoms with Crippen LogP contribution in [0.25, 0.3) is 0 Å². The van der Waals surface area contributed by atoms with Gasteiger partial charge in [-0.1, -0.05) is 0 Å². The molecule has 0 aliphatic rings. The monoisotopic (exact) mass is 176 g/mol. The van der Waals surface area contributed by atoms with E-state index in [0.29, 0.717) is 0 Å². The molecule has 1 N–H and O–H groups in total. The largest absolute Gasteiger partial charge is 0.394 e. The van der Waals surface area contributed by atoms with Crippen LogP contribution < -0.4 is 0 Å². The number of imidazole rings is 1. The molecule has 0 fully saturated rings. The molecule has 1 unspecified atom stereocenters. The van der Waals surface area contributed by atoms with Crippen LogP contribution in [0.5, 0.6) is 0 Å². The molecule has 66 valence electrons. The zero-order valence-electron chi connectivity index (χ0n) is 7.10. The fourth-order valence-corrected chi connectivity index (χ4v) is 0.976. The van der Waals surface area contributed by atoms with Crippen LogP contribution in [0.1, 0.15) is 24.4 Å². The van der Waals surface area contributed by atoms with E-state index in [-0.39, 0.29) is 24.0 Å². The molecule has 5 heteroatoms. The summed E-state index contributed by atoms with van der Waals surface area (Å²) in [5.74, 6) is 0. The minimum absolute atomic E-state index is 0.0874. The summed E-state index contributed by atoms with van der Waals surface area (Å²) in [5, 5.41) is 26.1. The maximum Gasteiger partial charge on any atom is 0.176 e. The molecule has 1 atom stereocenters. The highest BCUT2D eigenvalue weighted by Crippen LogP contribution is 2.11. The van der Waals surface area contributed by atoms with Crippen LogP contribution in [0, 0.1) is 22.7 Å². The van der Waals surface area contributed by atoms with E-state index >= 15 is 0 Å². The first-order valence-electron chi connectivity index (χ1n) is 3.72. The Balaban J connectivity index is 3.19. The molecule has 1 heterocycles. The summed E-state index contributed by atoms with van der Waals surface area (Å²) < 4.78 is 1.48. The summed E-state index contributed by atoms with van der Waals surface area (Å²) in [6.45, 7) is 1.65. The third-order valence-corrected chi connectivity index (χ3v) is 1.74. The smallest absolute Gasteiger partial charge is 0.176 e. The molecule has 0 spiro atoms. The van der Waals surface area contributed by atoms with E-state index in [2.05, 4.69) is 4.98 Å². The molecule has 1 aromatic rings. The molecule has 0 amide bonds. The second-order valence-corrected chi connectivity index (χ2v) is 2.60. The molecule has 0 aromatic carbocycles. The molecule has 5 nitrogen and oxygen atoms in total. The second kappa shape index (κ2) is 3.70. The normalized spacial score (nSPS) is 11.7. The lowest BCUT2D eigenvalue weighted by Crippen LogP contribution is -2.10. The van der Waals surface area contributed by atoms with Gasteiger partial charge in [0.2, 0.25) is 0 Å². The van der Waals surface area contributed by atoms with E-state index in [1.807, 2.05) is 12.1 Å². The Morgan fingerprint density at radius 3 is 2.77 bits per heavy atom. The van der Waals surface area contributed by atoms with Crippen molar-refractivity contribution in [2.45, 2.75) is 13.0 Å². The maximum atomic E-state index is 8.85. The van der Waals surface area contributed by atoms with Crippen molar-refractivity contribution in [1.29, 1.82) is 10.5 Å². The molecule has 0 saturated heterocycles. The maximum absolute atomic E-state index is 8.85. The average molecular weight is 176 g/mol. The number of aliphatic hydroxyl groups excluding tert-OH is 1. The van der Waals surface area contributed by atoms with Crippen LogP contribution in [0.15, 0.2) is 6.33 Å². The first-order chi connectivity index (χ1) is 6.24. The quantitative estimate of drug-likeness (QED) is 0.696. The summed E-state index contributed by atoms with van der Waals surface area (Å²) in [6.07, 6.45) is 1.39. The van der Waals surface area contributed by atoms with Crippen LogP contribution in [-0.2, 0) is 0 Å². The fourth-order valence-electron chi connectivity index (χ4n) is 0.976. The zero-order chi connectivity index (χ0) is 9.84. The van der Waals surface area contributed by atoms with Gasteiger partial charge in [-0.25, -0.2) is 4.98 Å². The van der Waals surface area contributed by atoms with E-state index in [4.69, 9.17) is 15.6 Å². The summed E-state index contributed by atoms with van der Waals surface area (Å²) >= 11 is 0. The van der Waals surface area contributed by atoms with Crippen LogP contribution in [0.4, 0.5) is 0 Å². The van der Waals surface area contributed by atoms with Gasteiger partial charge in [0.1, 0.15) is 12.1 Å². The molecule has 1 rings (SSSR count). The van der Waals surface area contributed by atoms with Gasteiger partial charge in [-0.05, 0) is 6.92 Å². The molecular weight excluding hydrogens is 168 g/mol. The number of hydrogen-bond donors (Lipinski definition) is 1. The number of rotatable bonds is 2. The topological polar surface area (TPSA) is 85.6 Å². The average Bonchev–Trinajstić information content (AvgIpc) is 2.58. The van der Waals surface area contributed by atoms with Crippen LogP contribution in [-0.4, -0.2) is 21.3 Å². The van der Waals surface area contributed by atoms with E-state index in [9.17, 15) is 0 Å². The number of hydrogen-bond acceptors (Lipinski definition) is 4.